The van der Waals surface area contributed by atoms with Gasteiger partial charge in [-0.3, -0.25) is 4.79 Å². The van der Waals surface area contributed by atoms with Gasteiger partial charge in [-0.1, -0.05) is 29.8 Å². The molecule has 2 aromatic rings. The van der Waals surface area contributed by atoms with Gasteiger partial charge in [0.1, 0.15) is 0 Å². The van der Waals surface area contributed by atoms with Gasteiger partial charge in [0.25, 0.3) is 0 Å². The number of nitrogens with one attached hydrogen (secondary N) is 1. The summed E-state index contributed by atoms with van der Waals surface area (Å²) in [5.74, 6) is 0.129. The second-order valence-corrected chi connectivity index (χ2v) is 6.90. The Morgan fingerprint density at radius 1 is 1.20 bits per heavy atom. The Bertz CT molecular complexity index is 758. The summed E-state index contributed by atoms with van der Waals surface area (Å²) in [7, 11) is 0. The van der Waals surface area contributed by atoms with Crippen molar-refractivity contribution in [2.45, 2.75) is 52.0 Å². The van der Waals surface area contributed by atoms with Gasteiger partial charge < -0.3 is 11.1 Å². The van der Waals surface area contributed by atoms with Crippen LogP contribution < -0.4 is 11.1 Å². The molecular formula is C21H27ClN2O. The molecule has 0 saturated carbocycles. The first-order chi connectivity index (χ1) is 11.5. The highest BCUT2D eigenvalue weighted by molar-refractivity contribution is 5.85. The summed E-state index contributed by atoms with van der Waals surface area (Å²) in [6.07, 6.45) is 4.48. The number of carbonyl (C=O) groups excluding carboxylic acids is 1. The van der Waals surface area contributed by atoms with E-state index in [0.29, 0.717) is 6.42 Å². The zero-order valence-electron chi connectivity index (χ0n) is 15.0. The Hall–Kier alpha value is -2.00. The van der Waals surface area contributed by atoms with Crippen LogP contribution in [-0.4, -0.2) is 5.91 Å². The van der Waals surface area contributed by atoms with E-state index in [9.17, 15) is 4.79 Å². The van der Waals surface area contributed by atoms with E-state index >= 15 is 0 Å². The highest BCUT2D eigenvalue weighted by Crippen LogP contribution is 2.31. The van der Waals surface area contributed by atoms with Gasteiger partial charge in [0.15, 0.2) is 0 Å². The molecule has 1 unspecified atom stereocenters. The van der Waals surface area contributed by atoms with Crippen molar-refractivity contribution in [1.29, 1.82) is 0 Å². The lowest BCUT2D eigenvalue weighted by Crippen LogP contribution is -2.31. The molecule has 0 spiro atoms. The minimum Gasteiger partial charge on any atom is -0.399 e. The molecule has 3 N–H and O–H groups in total. The number of halogens is 1. The van der Waals surface area contributed by atoms with Gasteiger partial charge in [-0.2, -0.15) is 0 Å². The number of fused-ring (bicyclic) bond motifs is 1. The molecule has 3 rings (SSSR count). The predicted molar refractivity (Wildman–Crippen MR) is 106 cm³/mol. The zero-order chi connectivity index (χ0) is 17.1. The van der Waals surface area contributed by atoms with E-state index in [0.717, 1.165) is 31.4 Å². The average molecular weight is 359 g/mol. The van der Waals surface area contributed by atoms with Crippen LogP contribution in [0.3, 0.4) is 0 Å². The Morgan fingerprint density at radius 3 is 2.76 bits per heavy atom. The second-order valence-electron chi connectivity index (χ2n) is 6.90. The molecule has 1 atom stereocenters. The summed E-state index contributed by atoms with van der Waals surface area (Å²) in [5.41, 5.74) is 13.0. The van der Waals surface area contributed by atoms with E-state index in [4.69, 9.17) is 5.73 Å². The topological polar surface area (TPSA) is 55.1 Å². The number of benzene rings is 2. The summed E-state index contributed by atoms with van der Waals surface area (Å²) in [4.78, 5) is 12.4. The van der Waals surface area contributed by atoms with Gasteiger partial charge in [-0.15, -0.1) is 12.4 Å². The molecule has 1 aliphatic carbocycles. The molecule has 25 heavy (non-hydrogen) atoms. The number of hydrogen-bond donors (Lipinski definition) is 2. The predicted octanol–water partition coefficient (Wildman–Crippen LogP) is 4.43. The largest absolute Gasteiger partial charge is 0.399 e. The van der Waals surface area contributed by atoms with Gasteiger partial charge in [-0.05, 0) is 73.9 Å². The summed E-state index contributed by atoms with van der Waals surface area (Å²) >= 11 is 0. The van der Waals surface area contributed by atoms with Crippen LogP contribution in [0.4, 0.5) is 5.69 Å². The third kappa shape index (κ3) is 4.76. The zero-order valence-corrected chi connectivity index (χ0v) is 15.8. The lowest BCUT2D eigenvalue weighted by Gasteiger charge is -2.26. The molecule has 0 saturated heterocycles. The smallest absolute Gasteiger partial charge is 0.220 e. The Balaban J connectivity index is 0.00000225. The Labute approximate surface area is 156 Å². The summed E-state index contributed by atoms with van der Waals surface area (Å²) in [6.45, 7) is 4.21. The van der Waals surface area contributed by atoms with Crippen molar-refractivity contribution in [3.8, 4) is 0 Å². The normalized spacial score (nSPS) is 15.8. The minimum atomic E-state index is 0. The fourth-order valence-corrected chi connectivity index (χ4v) is 3.63. The lowest BCUT2D eigenvalue weighted by molar-refractivity contribution is -0.121. The van der Waals surface area contributed by atoms with Gasteiger partial charge in [-0.25, -0.2) is 0 Å². The third-order valence-electron chi connectivity index (χ3n) is 4.94. The molecule has 0 fully saturated rings. The summed E-state index contributed by atoms with van der Waals surface area (Å²) in [5, 5.41) is 3.22. The van der Waals surface area contributed by atoms with Crippen molar-refractivity contribution in [3.05, 3.63) is 64.2 Å². The number of anilines is 1. The van der Waals surface area contributed by atoms with Crippen LogP contribution in [0.25, 0.3) is 0 Å². The average Bonchev–Trinajstić information content (AvgIpc) is 2.54. The van der Waals surface area contributed by atoms with Crippen LogP contribution in [0.15, 0.2) is 36.4 Å². The molecular weight excluding hydrogens is 332 g/mol. The fourth-order valence-electron chi connectivity index (χ4n) is 3.63. The molecule has 134 valence electrons. The van der Waals surface area contributed by atoms with Crippen LogP contribution in [0.2, 0.25) is 0 Å². The highest BCUT2D eigenvalue weighted by atomic mass is 35.5. The van der Waals surface area contributed by atoms with Crippen molar-refractivity contribution in [1.82, 2.24) is 5.32 Å². The first kappa shape index (κ1) is 19.3. The monoisotopic (exact) mass is 358 g/mol. The van der Waals surface area contributed by atoms with E-state index in [2.05, 4.69) is 43.4 Å². The quantitative estimate of drug-likeness (QED) is 0.794. The highest BCUT2D eigenvalue weighted by Gasteiger charge is 2.21. The van der Waals surface area contributed by atoms with Gasteiger partial charge >= 0.3 is 0 Å². The van der Waals surface area contributed by atoms with E-state index in [1.165, 1.54) is 27.8 Å². The number of amides is 1. The van der Waals surface area contributed by atoms with E-state index in [1.807, 2.05) is 12.1 Å². The molecule has 0 bridgehead atoms. The van der Waals surface area contributed by atoms with Gasteiger partial charge in [0.05, 0.1) is 6.04 Å². The lowest BCUT2D eigenvalue weighted by atomic mass is 9.87. The SMILES string of the molecule is Cc1ccc(CCC(=O)NC2CCCc3cc(N)ccc32)c(C)c1.Cl. The maximum atomic E-state index is 12.4. The number of aryl methyl sites for hydroxylation is 4. The second kappa shape index (κ2) is 8.39. The molecule has 1 amide bonds. The number of rotatable bonds is 4. The van der Waals surface area contributed by atoms with Gasteiger partial charge in [0.2, 0.25) is 5.91 Å². The Morgan fingerprint density at radius 2 is 2.00 bits per heavy atom. The summed E-state index contributed by atoms with van der Waals surface area (Å²) < 4.78 is 0. The van der Waals surface area contributed by atoms with Crippen LogP contribution in [0.1, 0.15) is 53.1 Å². The van der Waals surface area contributed by atoms with Crippen molar-refractivity contribution in [3.63, 3.8) is 0 Å². The molecule has 0 aromatic heterocycles. The first-order valence-corrected chi connectivity index (χ1v) is 8.77. The molecule has 1 aliphatic rings. The van der Waals surface area contributed by atoms with Crippen LogP contribution in [0, 0.1) is 13.8 Å². The molecule has 2 aromatic carbocycles. The van der Waals surface area contributed by atoms with E-state index in [1.54, 1.807) is 0 Å². The Kier molecular flexibility index (Phi) is 6.49. The maximum Gasteiger partial charge on any atom is 0.220 e. The minimum absolute atomic E-state index is 0. The van der Waals surface area contributed by atoms with Crippen LogP contribution in [0.5, 0.6) is 0 Å². The van der Waals surface area contributed by atoms with Crippen molar-refractivity contribution in [2.75, 3.05) is 5.73 Å². The van der Waals surface area contributed by atoms with Crippen LogP contribution in [-0.2, 0) is 17.6 Å². The summed E-state index contributed by atoms with van der Waals surface area (Å²) in [6, 6.07) is 12.6. The molecule has 3 nitrogen and oxygen atoms in total. The number of nitrogen functional groups attached to an aromatic ring is 1. The van der Waals surface area contributed by atoms with Gasteiger partial charge in [0, 0.05) is 12.1 Å². The van der Waals surface area contributed by atoms with Crippen molar-refractivity contribution in [2.24, 2.45) is 0 Å². The number of hydrogen-bond acceptors (Lipinski definition) is 2. The first-order valence-electron chi connectivity index (χ1n) is 8.77. The maximum absolute atomic E-state index is 12.4. The molecule has 4 heteroatoms. The molecule has 0 radical (unpaired) electrons. The number of carbonyl (C=O) groups is 1. The molecule has 0 aliphatic heterocycles. The molecule has 0 heterocycles. The van der Waals surface area contributed by atoms with Crippen LogP contribution >= 0.6 is 12.4 Å². The standard InChI is InChI=1S/C21H26N2O.ClH/c1-14-6-7-16(15(2)12-14)8-11-21(24)23-20-5-3-4-17-13-18(22)9-10-19(17)20;/h6-7,9-10,12-13,20H,3-5,8,11,22H2,1-2H3,(H,23,24);1H. The number of nitrogens with two attached hydrogens (primary N) is 1. The fraction of sp³-hybridized carbons (Fsp3) is 0.381. The van der Waals surface area contributed by atoms with Crippen molar-refractivity contribution < 1.29 is 4.79 Å². The van der Waals surface area contributed by atoms with E-state index in [-0.39, 0.29) is 24.4 Å². The van der Waals surface area contributed by atoms with Crippen molar-refractivity contribution >= 4 is 24.0 Å². The van der Waals surface area contributed by atoms with E-state index < -0.39 is 0 Å². The third-order valence-corrected chi connectivity index (χ3v) is 4.94.